The maximum Gasteiger partial charge on any atom is 0.322 e. The summed E-state index contributed by atoms with van der Waals surface area (Å²) in [7, 11) is 1.54. The minimum atomic E-state index is -0.267. The number of anilines is 1. The van der Waals surface area contributed by atoms with Crippen molar-refractivity contribution in [1.82, 2.24) is 20.1 Å². The van der Waals surface area contributed by atoms with Crippen molar-refractivity contribution >= 4 is 35.0 Å². The lowest BCUT2D eigenvalue weighted by Crippen LogP contribution is -2.55. The second-order valence-electron chi connectivity index (χ2n) is 7.73. The number of nitriles is 1. The average Bonchev–Trinajstić information content (AvgIpc) is 2.90. The number of urea groups is 1. The Labute approximate surface area is 208 Å². The smallest absolute Gasteiger partial charge is 0.322 e. The predicted octanol–water partition coefficient (Wildman–Crippen LogP) is 4.39. The molecule has 1 saturated heterocycles. The lowest BCUT2D eigenvalue weighted by atomic mass is 10.0. The van der Waals surface area contributed by atoms with Crippen molar-refractivity contribution in [3.63, 3.8) is 0 Å². The fraction of sp³-hybridized carbons (Fsp3) is 0.200. The second-order valence-corrected chi connectivity index (χ2v) is 8.17. The highest BCUT2D eigenvalue weighted by Gasteiger charge is 2.33. The van der Waals surface area contributed by atoms with Gasteiger partial charge in [-0.05, 0) is 35.9 Å². The molecule has 0 saturated carbocycles. The first-order valence-corrected chi connectivity index (χ1v) is 11.3. The zero-order valence-electron chi connectivity index (χ0n) is 19.1. The molecule has 2 amide bonds. The highest BCUT2D eigenvalue weighted by molar-refractivity contribution is 6.30. The molecule has 1 aromatic heterocycles. The molecule has 35 heavy (non-hydrogen) atoms. The Morgan fingerprint density at radius 3 is 2.57 bits per heavy atom. The molecular formula is C25H24ClN7O2. The molecular weight excluding hydrogens is 466 g/mol. The highest BCUT2D eigenvalue weighted by Crippen LogP contribution is 2.27. The molecule has 10 heteroatoms. The van der Waals surface area contributed by atoms with Crippen LogP contribution in [0.15, 0.2) is 77.9 Å². The standard InChI is InChI=1S/C25H24ClN7O2/c1-35-23-12-11-21(15-28-23)30-24(29-17-27)32-13-14-33(22(16-32)18-5-3-2-4-6-18)25(34)31-20-9-7-19(26)8-10-20/h2-12,15,22H,13-14,16H2,1H3,(H,29,30)(H,31,34). The maximum absolute atomic E-state index is 13.2. The van der Waals surface area contributed by atoms with Crippen molar-refractivity contribution < 1.29 is 9.53 Å². The van der Waals surface area contributed by atoms with E-state index in [1.807, 2.05) is 41.4 Å². The molecule has 0 aliphatic carbocycles. The third kappa shape index (κ3) is 5.99. The number of halogens is 1. The van der Waals surface area contributed by atoms with Gasteiger partial charge >= 0.3 is 6.03 Å². The number of ether oxygens (including phenoxy) is 1. The summed E-state index contributed by atoms with van der Waals surface area (Å²) in [6.07, 6.45) is 3.53. The van der Waals surface area contributed by atoms with E-state index in [0.29, 0.717) is 47.9 Å². The molecule has 4 rings (SSSR count). The number of nitrogens with one attached hydrogen (secondary N) is 2. The van der Waals surface area contributed by atoms with E-state index in [0.717, 1.165) is 5.56 Å². The number of guanidine groups is 1. The summed E-state index contributed by atoms with van der Waals surface area (Å²) >= 11 is 5.97. The normalized spacial score (nSPS) is 15.8. The van der Waals surface area contributed by atoms with Crippen LogP contribution in [0.5, 0.6) is 5.88 Å². The summed E-state index contributed by atoms with van der Waals surface area (Å²) < 4.78 is 5.10. The molecule has 1 unspecified atom stereocenters. The molecule has 2 N–H and O–H groups in total. The van der Waals surface area contributed by atoms with Crippen LogP contribution < -0.4 is 15.4 Å². The van der Waals surface area contributed by atoms with Crippen LogP contribution in [-0.4, -0.2) is 53.5 Å². The van der Waals surface area contributed by atoms with E-state index in [-0.39, 0.29) is 12.1 Å². The molecule has 2 aromatic carbocycles. The van der Waals surface area contributed by atoms with Gasteiger partial charge in [0, 0.05) is 36.4 Å². The fourth-order valence-corrected chi connectivity index (χ4v) is 3.94. The summed E-state index contributed by atoms with van der Waals surface area (Å²) in [5, 5.41) is 15.6. The number of aliphatic imine (C=N–C) groups is 1. The van der Waals surface area contributed by atoms with Crippen LogP contribution in [0.2, 0.25) is 5.02 Å². The van der Waals surface area contributed by atoms with Crippen molar-refractivity contribution in [3.05, 3.63) is 83.5 Å². The van der Waals surface area contributed by atoms with Crippen molar-refractivity contribution in [2.24, 2.45) is 4.99 Å². The van der Waals surface area contributed by atoms with Gasteiger partial charge in [-0.25, -0.2) is 14.8 Å². The first-order chi connectivity index (χ1) is 17.1. The SMILES string of the molecule is COc1ccc(N=C(NC#N)N2CCN(C(=O)Nc3ccc(Cl)cc3)C(c3ccccc3)C2)cn1. The molecule has 0 spiro atoms. The number of carbonyl (C=O) groups is 1. The van der Waals surface area contributed by atoms with Gasteiger partial charge in [-0.3, -0.25) is 5.32 Å². The number of aromatic nitrogens is 1. The van der Waals surface area contributed by atoms with Crippen LogP contribution in [0.3, 0.4) is 0 Å². The van der Waals surface area contributed by atoms with Gasteiger partial charge in [-0.2, -0.15) is 5.26 Å². The van der Waals surface area contributed by atoms with Gasteiger partial charge in [0.05, 0.1) is 25.0 Å². The molecule has 3 aromatic rings. The number of nitrogens with zero attached hydrogens (tertiary/aromatic N) is 5. The van der Waals surface area contributed by atoms with Crippen LogP contribution in [0.1, 0.15) is 11.6 Å². The zero-order valence-corrected chi connectivity index (χ0v) is 19.8. The Kier molecular flexibility index (Phi) is 7.65. The lowest BCUT2D eigenvalue weighted by Gasteiger charge is -2.42. The van der Waals surface area contributed by atoms with E-state index in [4.69, 9.17) is 16.3 Å². The minimum absolute atomic E-state index is 0.216. The number of benzene rings is 2. The van der Waals surface area contributed by atoms with Crippen molar-refractivity contribution in [3.8, 4) is 12.1 Å². The topological polar surface area (TPSA) is 106 Å². The van der Waals surface area contributed by atoms with E-state index in [2.05, 4.69) is 20.6 Å². The number of amides is 2. The average molecular weight is 490 g/mol. The summed E-state index contributed by atoms with van der Waals surface area (Å²) in [6.45, 7) is 1.34. The number of rotatable bonds is 4. The molecule has 1 atom stereocenters. The number of methoxy groups -OCH3 is 1. The number of hydrogen-bond acceptors (Lipinski definition) is 5. The second kappa shape index (κ2) is 11.2. The molecule has 9 nitrogen and oxygen atoms in total. The number of pyridine rings is 1. The quantitative estimate of drug-likeness (QED) is 0.243. The summed E-state index contributed by atoms with van der Waals surface area (Å²) in [6, 6.07) is 19.7. The van der Waals surface area contributed by atoms with Crippen LogP contribution in [0.4, 0.5) is 16.2 Å². The Morgan fingerprint density at radius 2 is 1.91 bits per heavy atom. The summed E-state index contributed by atoms with van der Waals surface area (Å²) in [4.78, 5) is 25.7. The zero-order chi connectivity index (χ0) is 24.6. The molecule has 0 bridgehead atoms. The molecule has 178 valence electrons. The van der Waals surface area contributed by atoms with Gasteiger partial charge in [-0.15, -0.1) is 0 Å². The Hall–Kier alpha value is -4.29. The number of piperazine rings is 1. The van der Waals surface area contributed by atoms with Gasteiger partial charge in [0.25, 0.3) is 0 Å². The third-order valence-electron chi connectivity index (χ3n) is 5.55. The Bertz CT molecular complexity index is 1210. The van der Waals surface area contributed by atoms with Gasteiger partial charge in [0.2, 0.25) is 11.8 Å². The van der Waals surface area contributed by atoms with Crippen LogP contribution in [0.25, 0.3) is 0 Å². The van der Waals surface area contributed by atoms with Crippen molar-refractivity contribution in [1.29, 1.82) is 5.26 Å². The van der Waals surface area contributed by atoms with Gasteiger partial charge < -0.3 is 19.9 Å². The van der Waals surface area contributed by atoms with E-state index >= 15 is 0 Å². The maximum atomic E-state index is 13.2. The first kappa shape index (κ1) is 23.9. The van der Waals surface area contributed by atoms with Crippen molar-refractivity contribution in [2.75, 3.05) is 32.1 Å². The molecule has 1 fully saturated rings. The van der Waals surface area contributed by atoms with Gasteiger partial charge in [-0.1, -0.05) is 41.9 Å². The summed E-state index contributed by atoms with van der Waals surface area (Å²) in [5.41, 5.74) is 2.21. The molecule has 0 radical (unpaired) electrons. The molecule has 1 aliphatic heterocycles. The minimum Gasteiger partial charge on any atom is -0.481 e. The molecule has 1 aliphatic rings. The first-order valence-electron chi connectivity index (χ1n) is 10.9. The Morgan fingerprint density at radius 1 is 1.14 bits per heavy atom. The third-order valence-corrected chi connectivity index (χ3v) is 5.81. The Balaban J connectivity index is 1.58. The molecule has 2 heterocycles. The monoisotopic (exact) mass is 489 g/mol. The van der Waals surface area contributed by atoms with Crippen LogP contribution >= 0.6 is 11.6 Å². The van der Waals surface area contributed by atoms with E-state index in [9.17, 15) is 10.1 Å². The van der Waals surface area contributed by atoms with E-state index in [1.54, 1.807) is 54.6 Å². The van der Waals surface area contributed by atoms with Crippen LogP contribution in [-0.2, 0) is 0 Å². The van der Waals surface area contributed by atoms with Gasteiger partial charge in [0.15, 0.2) is 6.19 Å². The van der Waals surface area contributed by atoms with E-state index < -0.39 is 0 Å². The number of hydrogen-bond donors (Lipinski definition) is 2. The van der Waals surface area contributed by atoms with Crippen LogP contribution in [0, 0.1) is 11.5 Å². The summed E-state index contributed by atoms with van der Waals surface area (Å²) in [5.74, 6) is 0.862. The fourth-order valence-electron chi connectivity index (χ4n) is 3.82. The largest absolute Gasteiger partial charge is 0.481 e. The van der Waals surface area contributed by atoms with E-state index in [1.165, 1.54) is 0 Å². The van der Waals surface area contributed by atoms with Gasteiger partial charge in [0.1, 0.15) is 0 Å². The van der Waals surface area contributed by atoms with Crippen molar-refractivity contribution in [2.45, 2.75) is 6.04 Å². The number of carbonyl (C=O) groups excluding carboxylic acids is 1. The highest BCUT2D eigenvalue weighted by atomic mass is 35.5. The lowest BCUT2D eigenvalue weighted by molar-refractivity contribution is 0.135. The predicted molar refractivity (Wildman–Crippen MR) is 135 cm³/mol.